The molecule has 0 saturated carbocycles. The van der Waals surface area contributed by atoms with Crippen LogP contribution >= 0.6 is 11.3 Å². The molecule has 0 radical (unpaired) electrons. The van der Waals surface area contributed by atoms with Gasteiger partial charge in [0, 0.05) is 42.8 Å². The zero-order chi connectivity index (χ0) is 22.8. The number of amides is 2. The molecule has 168 valence electrons. The second kappa shape index (κ2) is 8.76. The van der Waals surface area contributed by atoms with Crippen molar-refractivity contribution in [1.29, 1.82) is 0 Å². The number of nitrogens with zero attached hydrogens (tertiary/aromatic N) is 4. The Morgan fingerprint density at radius 3 is 2.64 bits per heavy atom. The van der Waals surface area contributed by atoms with E-state index in [4.69, 9.17) is 4.74 Å². The zero-order valence-electron chi connectivity index (χ0n) is 18.1. The molecule has 8 nitrogen and oxygen atoms in total. The number of aromatic nitrogens is 3. The average Bonchev–Trinajstić information content (AvgIpc) is 3.28. The summed E-state index contributed by atoms with van der Waals surface area (Å²) in [5.74, 6) is 0.418. The van der Waals surface area contributed by atoms with E-state index in [0.717, 1.165) is 21.4 Å². The highest BCUT2D eigenvalue weighted by Gasteiger charge is 2.35. The number of pyridine rings is 2. The number of methoxy groups -OCH3 is 1. The Bertz CT molecular complexity index is 1270. The molecular weight excluding hydrogens is 438 g/mol. The van der Waals surface area contributed by atoms with Gasteiger partial charge in [-0.3, -0.25) is 10.3 Å². The summed E-state index contributed by atoms with van der Waals surface area (Å²) in [5.41, 5.74) is 2.38. The number of rotatable bonds is 4. The van der Waals surface area contributed by atoms with Crippen molar-refractivity contribution in [2.24, 2.45) is 0 Å². The van der Waals surface area contributed by atoms with Crippen molar-refractivity contribution in [3.8, 4) is 17.0 Å². The molecule has 1 fully saturated rings. The number of fused-ring (bicyclic) bond motifs is 1. The van der Waals surface area contributed by atoms with Gasteiger partial charge >= 0.3 is 6.03 Å². The number of nitrogens with one attached hydrogen (secondary N) is 1. The Labute approximate surface area is 194 Å². The molecule has 5 rings (SSSR count). The van der Waals surface area contributed by atoms with Crippen LogP contribution in [0.4, 0.5) is 9.93 Å². The predicted molar refractivity (Wildman–Crippen MR) is 127 cm³/mol. The Balaban J connectivity index is 1.35. The maximum atomic E-state index is 12.9. The van der Waals surface area contributed by atoms with Crippen LogP contribution in [0, 0.1) is 0 Å². The van der Waals surface area contributed by atoms with Gasteiger partial charge in [0.2, 0.25) is 5.88 Å². The van der Waals surface area contributed by atoms with Crippen molar-refractivity contribution in [3.63, 3.8) is 0 Å². The lowest BCUT2D eigenvalue weighted by atomic mass is 9.85. The maximum Gasteiger partial charge on any atom is 0.323 e. The van der Waals surface area contributed by atoms with Crippen LogP contribution in [-0.2, 0) is 5.60 Å². The Hall–Kier alpha value is -3.56. The van der Waals surface area contributed by atoms with E-state index in [0.29, 0.717) is 42.5 Å². The van der Waals surface area contributed by atoms with Gasteiger partial charge in [-0.15, -0.1) is 0 Å². The summed E-state index contributed by atoms with van der Waals surface area (Å²) in [6, 6.07) is 13.4. The van der Waals surface area contributed by atoms with Gasteiger partial charge < -0.3 is 14.7 Å². The molecule has 0 unspecified atom stereocenters. The van der Waals surface area contributed by atoms with Crippen LogP contribution < -0.4 is 10.1 Å². The van der Waals surface area contributed by atoms with Crippen LogP contribution in [-0.4, -0.2) is 51.2 Å². The SMILES string of the molecule is COc1ncc(-c2ccccc2)c2sc(NC(=O)N3CCC(O)(c4cccnc4)CC3)nc12. The van der Waals surface area contributed by atoms with Gasteiger partial charge in [0.15, 0.2) is 5.13 Å². The van der Waals surface area contributed by atoms with E-state index in [2.05, 4.69) is 20.3 Å². The largest absolute Gasteiger partial charge is 0.479 e. The number of carbonyl (C=O) groups excluding carboxylic acids is 1. The first-order valence-electron chi connectivity index (χ1n) is 10.7. The molecule has 2 N–H and O–H groups in total. The minimum atomic E-state index is -0.968. The standard InChI is InChI=1S/C24H23N5O3S/c1-32-21-19-20(18(15-26-21)16-6-3-2-4-7-16)33-22(27-19)28-23(30)29-12-9-24(31,10-13-29)17-8-5-11-25-14-17/h2-8,11,14-15,31H,9-10,12-13H2,1H3,(H,27,28,30). The van der Waals surface area contributed by atoms with E-state index in [1.165, 1.54) is 11.3 Å². The molecule has 9 heteroatoms. The van der Waals surface area contributed by atoms with Gasteiger partial charge in [0.1, 0.15) is 5.52 Å². The van der Waals surface area contributed by atoms with Gasteiger partial charge in [0.25, 0.3) is 0 Å². The molecule has 0 spiro atoms. The maximum absolute atomic E-state index is 12.9. The van der Waals surface area contributed by atoms with Gasteiger partial charge in [-0.2, -0.15) is 0 Å². The molecule has 2 amide bonds. The van der Waals surface area contributed by atoms with E-state index in [9.17, 15) is 9.90 Å². The van der Waals surface area contributed by atoms with Crippen LogP contribution in [0.2, 0.25) is 0 Å². The summed E-state index contributed by atoms with van der Waals surface area (Å²) in [6.45, 7) is 0.866. The first kappa shape index (κ1) is 21.3. The Morgan fingerprint density at radius 2 is 1.94 bits per heavy atom. The van der Waals surface area contributed by atoms with E-state index >= 15 is 0 Å². The molecule has 1 aliphatic heterocycles. The van der Waals surface area contributed by atoms with Crippen LogP contribution in [0.25, 0.3) is 21.3 Å². The summed E-state index contributed by atoms with van der Waals surface area (Å²) in [5, 5.41) is 14.4. The average molecular weight is 462 g/mol. The van der Waals surface area contributed by atoms with Gasteiger partial charge in [-0.05, 0) is 24.5 Å². The Kier molecular flexibility index (Phi) is 5.65. The number of piperidine rings is 1. The number of carbonyl (C=O) groups is 1. The van der Waals surface area contributed by atoms with E-state index in [1.54, 1.807) is 30.6 Å². The second-order valence-corrected chi connectivity index (χ2v) is 8.93. The van der Waals surface area contributed by atoms with Crippen molar-refractivity contribution in [2.45, 2.75) is 18.4 Å². The fourth-order valence-corrected chi connectivity index (χ4v) is 5.07. The number of thiazole rings is 1. The van der Waals surface area contributed by atoms with E-state index in [1.807, 2.05) is 42.5 Å². The fourth-order valence-electron chi connectivity index (χ4n) is 4.09. The molecule has 1 saturated heterocycles. The predicted octanol–water partition coefficient (Wildman–Crippen LogP) is 4.28. The number of aliphatic hydroxyl groups is 1. The first-order chi connectivity index (χ1) is 16.1. The summed E-state index contributed by atoms with van der Waals surface area (Å²) in [6.07, 6.45) is 6.03. The topological polar surface area (TPSA) is 100 Å². The molecular formula is C24H23N5O3S. The van der Waals surface area contributed by atoms with Crippen LogP contribution in [0.3, 0.4) is 0 Å². The number of hydrogen-bond acceptors (Lipinski definition) is 7. The Morgan fingerprint density at radius 1 is 1.15 bits per heavy atom. The lowest BCUT2D eigenvalue weighted by molar-refractivity contribution is -0.0159. The lowest BCUT2D eigenvalue weighted by Gasteiger charge is -2.38. The quantitative estimate of drug-likeness (QED) is 0.471. The van der Waals surface area contributed by atoms with Crippen LogP contribution in [0.5, 0.6) is 5.88 Å². The summed E-state index contributed by atoms with van der Waals surface area (Å²) in [4.78, 5) is 27.7. The number of likely N-dealkylation sites (tertiary alicyclic amines) is 1. The van der Waals surface area contributed by atoms with E-state index in [-0.39, 0.29) is 6.03 Å². The normalized spacial score (nSPS) is 15.4. The monoisotopic (exact) mass is 461 g/mol. The number of benzene rings is 1. The molecule has 0 bridgehead atoms. The molecule has 0 atom stereocenters. The molecule has 1 aliphatic rings. The van der Waals surface area contributed by atoms with Crippen molar-refractivity contribution in [2.75, 3.05) is 25.5 Å². The molecule has 33 heavy (non-hydrogen) atoms. The van der Waals surface area contributed by atoms with Crippen molar-refractivity contribution >= 4 is 32.7 Å². The highest BCUT2D eigenvalue weighted by Crippen LogP contribution is 2.38. The molecule has 1 aromatic carbocycles. The third kappa shape index (κ3) is 4.12. The van der Waals surface area contributed by atoms with Gasteiger partial charge in [-0.25, -0.2) is 14.8 Å². The zero-order valence-corrected chi connectivity index (χ0v) is 18.9. The first-order valence-corrected chi connectivity index (χ1v) is 11.5. The van der Waals surface area contributed by atoms with Crippen molar-refractivity contribution < 1.29 is 14.6 Å². The summed E-state index contributed by atoms with van der Waals surface area (Å²) in [7, 11) is 1.55. The third-order valence-electron chi connectivity index (χ3n) is 5.95. The minimum absolute atomic E-state index is 0.240. The third-order valence-corrected chi connectivity index (χ3v) is 6.96. The smallest absolute Gasteiger partial charge is 0.323 e. The number of urea groups is 1. The number of hydrogen-bond donors (Lipinski definition) is 2. The molecule has 0 aliphatic carbocycles. The van der Waals surface area contributed by atoms with Crippen LogP contribution in [0.1, 0.15) is 18.4 Å². The van der Waals surface area contributed by atoms with Gasteiger partial charge in [0.05, 0.1) is 17.4 Å². The molecule has 4 heterocycles. The highest BCUT2D eigenvalue weighted by molar-refractivity contribution is 7.23. The van der Waals surface area contributed by atoms with Crippen molar-refractivity contribution in [3.05, 3.63) is 66.6 Å². The molecule has 4 aromatic rings. The highest BCUT2D eigenvalue weighted by atomic mass is 32.1. The number of anilines is 1. The number of ether oxygens (including phenoxy) is 1. The minimum Gasteiger partial charge on any atom is -0.479 e. The summed E-state index contributed by atoms with van der Waals surface area (Å²) >= 11 is 1.39. The lowest BCUT2D eigenvalue weighted by Crippen LogP contribution is -2.46. The van der Waals surface area contributed by atoms with Gasteiger partial charge in [-0.1, -0.05) is 47.7 Å². The van der Waals surface area contributed by atoms with Crippen LogP contribution in [0.15, 0.2) is 61.1 Å². The van der Waals surface area contributed by atoms with E-state index < -0.39 is 5.60 Å². The molecule has 3 aromatic heterocycles. The second-order valence-electron chi connectivity index (χ2n) is 7.93. The van der Waals surface area contributed by atoms with Crippen molar-refractivity contribution in [1.82, 2.24) is 19.9 Å². The fraction of sp³-hybridized carbons (Fsp3) is 0.250. The summed E-state index contributed by atoms with van der Waals surface area (Å²) < 4.78 is 6.29.